The standard InChI is InChI=1S/C18H22N2O2/c1-4-15-7-5-6-8-17(15)22-12-19-18(21)20-16-10-13(2)9-14(3)11-16/h5-11H,4,12H2,1-3H3,(H2,19,20,21). The minimum Gasteiger partial charge on any atom is -0.473 e. The first-order chi connectivity index (χ1) is 10.6. The molecule has 0 unspecified atom stereocenters. The van der Waals surface area contributed by atoms with Gasteiger partial charge in [-0.2, -0.15) is 0 Å². The third kappa shape index (κ3) is 4.52. The lowest BCUT2D eigenvalue weighted by Gasteiger charge is -2.12. The van der Waals surface area contributed by atoms with Crippen LogP contribution in [0.2, 0.25) is 0 Å². The molecule has 0 bridgehead atoms. The highest BCUT2D eigenvalue weighted by atomic mass is 16.5. The Morgan fingerprint density at radius 3 is 2.45 bits per heavy atom. The van der Waals surface area contributed by atoms with Gasteiger partial charge in [-0.3, -0.25) is 0 Å². The Morgan fingerprint density at radius 2 is 1.77 bits per heavy atom. The second kappa shape index (κ2) is 7.50. The number of para-hydroxylation sites is 1. The van der Waals surface area contributed by atoms with Gasteiger partial charge in [-0.15, -0.1) is 0 Å². The topological polar surface area (TPSA) is 50.4 Å². The van der Waals surface area contributed by atoms with E-state index in [0.717, 1.165) is 34.5 Å². The van der Waals surface area contributed by atoms with Crippen molar-refractivity contribution in [2.24, 2.45) is 0 Å². The van der Waals surface area contributed by atoms with Gasteiger partial charge in [-0.05, 0) is 55.2 Å². The summed E-state index contributed by atoms with van der Waals surface area (Å²) in [6.07, 6.45) is 0.894. The molecule has 2 N–H and O–H groups in total. The molecule has 0 aliphatic heterocycles. The highest BCUT2D eigenvalue weighted by molar-refractivity contribution is 5.89. The van der Waals surface area contributed by atoms with E-state index in [0.29, 0.717) is 0 Å². The average Bonchev–Trinajstić information content (AvgIpc) is 2.46. The summed E-state index contributed by atoms with van der Waals surface area (Å²) in [7, 11) is 0. The van der Waals surface area contributed by atoms with Gasteiger partial charge in [0.25, 0.3) is 0 Å². The highest BCUT2D eigenvalue weighted by Gasteiger charge is 2.04. The summed E-state index contributed by atoms with van der Waals surface area (Å²) >= 11 is 0. The fourth-order valence-corrected chi connectivity index (χ4v) is 2.34. The molecule has 0 aliphatic rings. The van der Waals surface area contributed by atoms with E-state index in [4.69, 9.17) is 4.74 Å². The minimum atomic E-state index is -0.279. The van der Waals surface area contributed by atoms with Crippen LogP contribution in [0.25, 0.3) is 0 Å². The Labute approximate surface area is 131 Å². The van der Waals surface area contributed by atoms with Crippen molar-refractivity contribution < 1.29 is 9.53 Å². The molecule has 4 heteroatoms. The van der Waals surface area contributed by atoms with Gasteiger partial charge in [0.1, 0.15) is 5.75 Å². The van der Waals surface area contributed by atoms with Crippen molar-refractivity contribution in [3.8, 4) is 5.75 Å². The van der Waals surface area contributed by atoms with Crippen LogP contribution in [-0.4, -0.2) is 12.8 Å². The van der Waals surface area contributed by atoms with Crippen molar-refractivity contribution >= 4 is 11.7 Å². The molecular formula is C18H22N2O2. The zero-order valence-electron chi connectivity index (χ0n) is 13.3. The van der Waals surface area contributed by atoms with E-state index in [1.54, 1.807) is 0 Å². The second-order valence-corrected chi connectivity index (χ2v) is 5.26. The Hall–Kier alpha value is -2.49. The maximum atomic E-state index is 11.9. The van der Waals surface area contributed by atoms with Crippen molar-refractivity contribution in [1.82, 2.24) is 5.32 Å². The third-order valence-electron chi connectivity index (χ3n) is 3.29. The highest BCUT2D eigenvalue weighted by Crippen LogP contribution is 2.17. The summed E-state index contributed by atoms with van der Waals surface area (Å²) in [6.45, 7) is 6.21. The van der Waals surface area contributed by atoms with E-state index in [-0.39, 0.29) is 12.8 Å². The van der Waals surface area contributed by atoms with Crippen molar-refractivity contribution in [1.29, 1.82) is 0 Å². The van der Waals surface area contributed by atoms with E-state index >= 15 is 0 Å². The summed E-state index contributed by atoms with van der Waals surface area (Å²) in [5, 5.41) is 5.51. The van der Waals surface area contributed by atoms with E-state index in [1.165, 1.54) is 0 Å². The molecule has 116 valence electrons. The maximum absolute atomic E-state index is 11.9. The number of ether oxygens (including phenoxy) is 1. The molecule has 0 saturated carbocycles. The quantitative estimate of drug-likeness (QED) is 0.819. The molecule has 0 spiro atoms. The van der Waals surface area contributed by atoms with Gasteiger partial charge in [0.15, 0.2) is 6.73 Å². The SMILES string of the molecule is CCc1ccccc1OCNC(=O)Nc1cc(C)cc(C)c1. The van der Waals surface area contributed by atoms with Crippen LogP contribution in [0.15, 0.2) is 42.5 Å². The molecule has 0 fully saturated rings. The molecule has 0 saturated heterocycles. The molecule has 0 aliphatic carbocycles. The third-order valence-corrected chi connectivity index (χ3v) is 3.29. The lowest BCUT2D eigenvalue weighted by atomic mass is 10.1. The number of benzene rings is 2. The van der Waals surface area contributed by atoms with Gasteiger partial charge in [0.2, 0.25) is 0 Å². The molecule has 0 radical (unpaired) electrons. The predicted octanol–water partition coefficient (Wildman–Crippen LogP) is 4.02. The van der Waals surface area contributed by atoms with Gasteiger partial charge in [0.05, 0.1) is 0 Å². The van der Waals surface area contributed by atoms with Gasteiger partial charge in [-0.25, -0.2) is 4.79 Å². The first-order valence-electron chi connectivity index (χ1n) is 7.42. The second-order valence-electron chi connectivity index (χ2n) is 5.26. The Balaban J connectivity index is 1.85. The number of hydrogen-bond donors (Lipinski definition) is 2. The van der Waals surface area contributed by atoms with Gasteiger partial charge < -0.3 is 15.4 Å². The van der Waals surface area contributed by atoms with Gasteiger partial charge in [-0.1, -0.05) is 31.2 Å². The number of carbonyl (C=O) groups excluding carboxylic acids is 1. The van der Waals surface area contributed by atoms with Crippen LogP contribution in [0.1, 0.15) is 23.6 Å². The summed E-state index contributed by atoms with van der Waals surface area (Å²) in [4.78, 5) is 11.9. The number of nitrogens with one attached hydrogen (secondary N) is 2. The van der Waals surface area contributed by atoms with E-state index < -0.39 is 0 Å². The van der Waals surface area contributed by atoms with Crippen molar-refractivity contribution in [2.75, 3.05) is 12.0 Å². The Kier molecular flexibility index (Phi) is 5.42. The molecule has 0 aromatic heterocycles. The van der Waals surface area contributed by atoms with Crippen LogP contribution in [-0.2, 0) is 6.42 Å². The summed E-state index contributed by atoms with van der Waals surface area (Å²) in [6, 6.07) is 13.5. The van der Waals surface area contributed by atoms with E-state index in [1.807, 2.05) is 50.2 Å². The van der Waals surface area contributed by atoms with Gasteiger partial charge >= 0.3 is 6.03 Å². The molecule has 0 atom stereocenters. The maximum Gasteiger partial charge on any atom is 0.321 e. The van der Waals surface area contributed by atoms with Crippen molar-refractivity contribution in [3.63, 3.8) is 0 Å². The number of hydrogen-bond acceptors (Lipinski definition) is 2. The largest absolute Gasteiger partial charge is 0.473 e. The fraction of sp³-hybridized carbons (Fsp3) is 0.278. The number of amides is 2. The molecule has 22 heavy (non-hydrogen) atoms. The molecule has 2 aromatic carbocycles. The van der Waals surface area contributed by atoms with E-state index in [9.17, 15) is 4.79 Å². The number of aryl methyl sites for hydroxylation is 3. The number of rotatable bonds is 5. The van der Waals surface area contributed by atoms with Crippen LogP contribution in [0.3, 0.4) is 0 Å². The van der Waals surface area contributed by atoms with Crippen molar-refractivity contribution in [3.05, 3.63) is 59.2 Å². The predicted molar refractivity (Wildman–Crippen MR) is 89.4 cm³/mol. The van der Waals surface area contributed by atoms with Crippen LogP contribution in [0.4, 0.5) is 10.5 Å². The monoisotopic (exact) mass is 298 g/mol. The smallest absolute Gasteiger partial charge is 0.321 e. The number of carbonyl (C=O) groups is 1. The van der Waals surface area contributed by atoms with Crippen LogP contribution in [0.5, 0.6) is 5.75 Å². The zero-order chi connectivity index (χ0) is 15.9. The van der Waals surface area contributed by atoms with E-state index in [2.05, 4.69) is 23.6 Å². The first kappa shape index (κ1) is 15.9. The number of urea groups is 1. The van der Waals surface area contributed by atoms with Crippen molar-refractivity contribution in [2.45, 2.75) is 27.2 Å². The summed E-state index contributed by atoms with van der Waals surface area (Å²) in [5.74, 6) is 0.803. The Morgan fingerprint density at radius 1 is 1.09 bits per heavy atom. The first-order valence-corrected chi connectivity index (χ1v) is 7.42. The van der Waals surface area contributed by atoms with Crippen LogP contribution in [0, 0.1) is 13.8 Å². The normalized spacial score (nSPS) is 10.1. The molecule has 2 aromatic rings. The van der Waals surface area contributed by atoms with Crippen LogP contribution >= 0.6 is 0 Å². The summed E-state index contributed by atoms with van der Waals surface area (Å²) in [5.41, 5.74) is 4.13. The lowest BCUT2D eigenvalue weighted by molar-refractivity contribution is 0.234. The number of anilines is 1. The fourth-order valence-electron chi connectivity index (χ4n) is 2.34. The Bertz CT molecular complexity index is 633. The molecule has 2 rings (SSSR count). The minimum absolute atomic E-state index is 0.133. The van der Waals surface area contributed by atoms with Crippen LogP contribution < -0.4 is 15.4 Å². The van der Waals surface area contributed by atoms with Gasteiger partial charge in [0, 0.05) is 5.69 Å². The molecule has 2 amide bonds. The molecular weight excluding hydrogens is 276 g/mol. The summed E-state index contributed by atoms with van der Waals surface area (Å²) < 4.78 is 5.61. The molecule has 0 heterocycles. The lowest BCUT2D eigenvalue weighted by Crippen LogP contribution is -2.32. The average molecular weight is 298 g/mol. The zero-order valence-corrected chi connectivity index (χ0v) is 13.3. The molecule has 4 nitrogen and oxygen atoms in total.